The van der Waals surface area contributed by atoms with Gasteiger partial charge >= 0.3 is 0 Å². The van der Waals surface area contributed by atoms with Crippen LogP contribution in [0.5, 0.6) is 0 Å². The molecule has 2 atom stereocenters. The van der Waals surface area contributed by atoms with Crippen LogP contribution in [-0.4, -0.2) is 42.7 Å². The van der Waals surface area contributed by atoms with Crippen LogP contribution in [0.4, 0.5) is 0 Å². The summed E-state index contributed by atoms with van der Waals surface area (Å²) in [6, 6.07) is 24.3. The molecule has 0 saturated heterocycles. The molecule has 36 heavy (non-hydrogen) atoms. The molecule has 186 valence electrons. The molecule has 0 spiro atoms. The maximum Gasteiger partial charge on any atom is 0.244 e. The Balaban J connectivity index is 1.52. The molecule has 7 heteroatoms. The number of nitrogens with zero attached hydrogens (tertiary/aromatic N) is 2. The number of thiophene rings is 1. The molecule has 1 aliphatic rings. The summed E-state index contributed by atoms with van der Waals surface area (Å²) in [4.78, 5) is 17.3. The Labute approximate surface area is 217 Å². The molecule has 1 aliphatic heterocycles. The molecule has 0 fully saturated rings. The first kappa shape index (κ1) is 24.7. The summed E-state index contributed by atoms with van der Waals surface area (Å²) in [7, 11) is -3.92. The molecule has 0 radical (unpaired) electrons. The fourth-order valence-electron chi connectivity index (χ4n) is 5.03. The second kappa shape index (κ2) is 10.2. The number of hydrogen-bond donors (Lipinski definition) is 0. The smallest absolute Gasteiger partial charge is 0.244 e. The van der Waals surface area contributed by atoms with Gasteiger partial charge in [-0.05, 0) is 53.8 Å². The van der Waals surface area contributed by atoms with Gasteiger partial charge in [-0.3, -0.25) is 4.79 Å². The number of sulfonamides is 1. The van der Waals surface area contributed by atoms with E-state index in [4.69, 9.17) is 0 Å². The lowest BCUT2D eigenvalue weighted by Gasteiger charge is -2.38. The molecular formula is C29H30N2O3S2. The van der Waals surface area contributed by atoms with Gasteiger partial charge in [0.05, 0.1) is 17.5 Å². The van der Waals surface area contributed by atoms with Gasteiger partial charge in [0.1, 0.15) is 0 Å². The molecular weight excluding hydrogens is 488 g/mol. The van der Waals surface area contributed by atoms with Gasteiger partial charge in [-0.1, -0.05) is 73.7 Å². The van der Waals surface area contributed by atoms with Crippen LogP contribution >= 0.6 is 11.3 Å². The Morgan fingerprint density at radius 2 is 1.75 bits per heavy atom. The standard InChI is InChI=1S/C29H30N2O3S2/c1-3-21(2)31(36(33,34)27-15-9-13-22-10-7-8-14-24(22)27)20-28(32)30-18-16-26-25(17-19-35-26)29(30)23-11-5-4-6-12-23/h4-15,17,19,21,29H,3,16,18,20H2,1-2H3/t21-,29-/m1/s1. The average molecular weight is 519 g/mol. The van der Waals surface area contributed by atoms with Crippen LogP contribution < -0.4 is 0 Å². The Bertz CT molecular complexity index is 1480. The molecule has 1 aromatic heterocycles. The minimum atomic E-state index is -3.92. The second-order valence-corrected chi connectivity index (χ2v) is 12.1. The van der Waals surface area contributed by atoms with Gasteiger partial charge in [-0.15, -0.1) is 11.3 Å². The van der Waals surface area contributed by atoms with Gasteiger partial charge in [-0.25, -0.2) is 8.42 Å². The zero-order chi connectivity index (χ0) is 25.3. The fraction of sp³-hybridized carbons (Fsp3) is 0.276. The lowest BCUT2D eigenvalue weighted by molar-refractivity contribution is -0.133. The first-order valence-corrected chi connectivity index (χ1v) is 14.6. The van der Waals surface area contributed by atoms with Crippen molar-refractivity contribution in [2.24, 2.45) is 0 Å². The van der Waals surface area contributed by atoms with E-state index in [2.05, 4.69) is 11.4 Å². The maximum atomic E-state index is 14.0. The lowest BCUT2D eigenvalue weighted by atomic mass is 9.93. The van der Waals surface area contributed by atoms with Crippen LogP contribution in [0.1, 0.15) is 42.3 Å². The van der Waals surface area contributed by atoms with Gasteiger partial charge in [0, 0.05) is 22.8 Å². The average Bonchev–Trinajstić information content (AvgIpc) is 3.39. The summed E-state index contributed by atoms with van der Waals surface area (Å²) in [6.45, 7) is 4.20. The summed E-state index contributed by atoms with van der Waals surface area (Å²) in [5.41, 5.74) is 2.18. The molecule has 0 aliphatic carbocycles. The normalized spacial score (nSPS) is 16.8. The van der Waals surface area contributed by atoms with Crippen molar-refractivity contribution in [3.63, 3.8) is 0 Å². The van der Waals surface area contributed by atoms with Crippen molar-refractivity contribution in [1.29, 1.82) is 0 Å². The molecule has 3 aromatic carbocycles. The summed E-state index contributed by atoms with van der Waals surface area (Å²) < 4.78 is 29.5. The highest BCUT2D eigenvalue weighted by atomic mass is 32.2. The van der Waals surface area contributed by atoms with Gasteiger partial charge in [-0.2, -0.15) is 4.31 Å². The zero-order valence-corrected chi connectivity index (χ0v) is 22.1. The lowest BCUT2D eigenvalue weighted by Crippen LogP contribution is -2.49. The zero-order valence-electron chi connectivity index (χ0n) is 20.5. The number of carbonyl (C=O) groups excluding carboxylic acids is 1. The molecule has 4 aromatic rings. The van der Waals surface area contributed by atoms with E-state index in [9.17, 15) is 13.2 Å². The third kappa shape index (κ3) is 4.47. The highest BCUT2D eigenvalue weighted by Gasteiger charge is 2.37. The van der Waals surface area contributed by atoms with Crippen molar-refractivity contribution in [2.45, 2.75) is 43.7 Å². The number of amides is 1. The molecule has 0 N–H and O–H groups in total. The third-order valence-corrected chi connectivity index (χ3v) is 10.1. The van der Waals surface area contributed by atoms with E-state index < -0.39 is 10.0 Å². The number of carbonyl (C=O) groups is 1. The molecule has 0 saturated carbocycles. The highest BCUT2D eigenvalue weighted by Crippen LogP contribution is 2.38. The monoisotopic (exact) mass is 518 g/mol. The minimum absolute atomic E-state index is 0.176. The van der Waals surface area contributed by atoms with Crippen LogP contribution in [0.25, 0.3) is 10.8 Å². The van der Waals surface area contributed by atoms with Gasteiger partial charge < -0.3 is 4.90 Å². The van der Waals surface area contributed by atoms with Crippen LogP contribution in [-0.2, 0) is 21.2 Å². The Hall–Kier alpha value is -3.00. The summed E-state index contributed by atoms with van der Waals surface area (Å²) in [5.74, 6) is -0.176. The molecule has 5 nitrogen and oxygen atoms in total. The Kier molecular flexibility index (Phi) is 6.97. The van der Waals surface area contributed by atoms with Gasteiger partial charge in [0.15, 0.2) is 0 Å². The van der Waals surface area contributed by atoms with E-state index in [-0.39, 0.29) is 29.4 Å². The highest BCUT2D eigenvalue weighted by molar-refractivity contribution is 7.89. The van der Waals surface area contributed by atoms with Crippen molar-refractivity contribution < 1.29 is 13.2 Å². The van der Waals surface area contributed by atoms with Crippen LogP contribution in [0.15, 0.2) is 89.1 Å². The first-order chi connectivity index (χ1) is 17.4. The summed E-state index contributed by atoms with van der Waals surface area (Å²) in [6.07, 6.45) is 1.38. The predicted molar refractivity (Wildman–Crippen MR) is 146 cm³/mol. The largest absolute Gasteiger partial charge is 0.330 e. The van der Waals surface area contributed by atoms with Crippen molar-refractivity contribution in [1.82, 2.24) is 9.21 Å². The second-order valence-electron chi connectivity index (χ2n) is 9.23. The Morgan fingerprint density at radius 1 is 1.03 bits per heavy atom. The fourth-order valence-corrected chi connectivity index (χ4v) is 7.81. The molecule has 5 rings (SSSR count). The number of fused-ring (bicyclic) bond motifs is 2. The van der Waals surface area contributed by atoms with E-state index in [1.807, 2.05) is 79.4 Å². The van der Waals surface area contributed by atoms with E-state index in [0.717, 1.165) is 22.9 Å². The van der Waals surface area contributed by atoms with Gasteiger partial charge in [0.2, 0.25) is 15.9 Å². The molecule has 2 heterocycles. The number of hydrogen-bond acceptors (Lipinski definition) is 4. The maximum absolute atomic E-state index is 14.0. The minimum Gasteiger partial charge on any atom is -0.330 e. The first-order valence-electron chi connectivity index (χ1n) is 12.3. The van der Waals surface area contributed by atoms with Gasteiger partial charge in [0.25, 0.3) is 0 Å². The third-order valence-electron chi connectivity index (χ3n) is 7.11. The SMILES string of the molecule is CC[C@@H](C)N(CC(=O)N1CCc2sccc2[C@H]1c1ccccc1)S(=O)(=O)c1cccc2ccccc12. The molecule has 0 bridgehead atoms. The topological polar surface area (TPSA) is 57.7 Å². The van der Waals surface area contributed by atoms with E-state index in [1.165, 1.54) is 9.18 Å². The Morgan fingerprint density at radius 3 is 2.53 bits per heavy atom. The van der Waals surface area contributed by atoms with Crippen LogP contribution in [0.3, 0.4) is 0 Å². The predicted octanol–water partition coefficient (Wildman–Crippen LogP) is 5.86. The number of rotatable bonds is 7. The molecule has 1 amide bonds. The van der Waals surface area contributed by atoms with Crippen molar-refractivity contribution in [3.05, 3.63) is 100 Å². The quantitative estimate of drug-likeness (QED) is 0.308. The van der Waals surface area contributed by atoms with Crippen LogP contribution in [0.2, 0.25) is 0 Å². The summed E-state index contributed by atoms with van der Waals surface area (Å²) in [5, 5.41) is 3.60. The van der Waals surface area contributed by atoms with E-state index in [1.54, 1.807) is 23.5 Å². The van der Waals surface area contributed by atoms with Crippen molar-refractivity contribution in [2.75, 3.05) is 13.1 Å². The molecule has 0 unspecified atom stereocenters. The van der Waals surface area contributed by atoms with Crippen molar-refractivity contribution in [3.8, 4) is 0 Å². The number of benzene rings is 3. The van der Waals surface area contributed by atoms with Crippen LogP contribution in [0, 0.1) is 0 Å². The van der Waals surface area contributed by atoms with E-state index >= 15 is 0 Å². The van der Waals surface area contributed by atoms with E-state index in [0.29, 0.717) is 18.4 Å². The summed E-state index contributed by atoms with van der Waals surface area (Å²) >= 11 is 1.72. The van der Waals surface area contributed by atoms with Crippen molar-refractivity contribution >= 4 is 38.0 Å².